The quantitative estimate of drug-likeness (QED) is 0.843. The highest BCUT2D eigenvalue weighted by Crippen LogP contribution is 2.25. The SMILES string of the molecule is O=C(CNC(=O)c1c(F)cccc1Cl)Nc1cc(Cl)ccc1Cl. The number of halogens is 4. The van der Waals surface area contributed by atoms with Crippen molar-refractivity contribution < 1.29 is 14.0 Å². The molecule has 2 aromatic carbocycles. The smallest absolute Gasteiger partial charge is 0.256 e. The summed E-state index contributed by atoms with van der Waals surface area (Å²) < 4.78 is 13.6. The summed E-state index contributed by atoms with van der Waals surface area (Å²) in [5, 5.41) is 5.43. The number of carbonyl (C=O) groups is 2. The van der Waals surface area contributed by atoms with E-state index in [1.54, 1.807) is 6.07 Å². The van der Waals surface area contributed by atoms with E-state index >= 15 is 0 Å². The molecule has 0 unspecified atom stereocenters. The van der Waals surface area contributed by atoms with Crippen LogP contribution in [0.1, 0.15) is 10.4 Å². The van der Waals surface area contributed by atoms with Crippen LogP contribution in [0.25, 0.3) is 0 Å². The van der Waals surface area contributed by atoms with Crippen LogP contribution in [0, 0.1) is 5.82 Å². The molecule has 120 valence electrons. The van der Waals surface area contributed by atoms with Crippen LogP contribution >= 0.6 is 34.8 Å². The summed E-state index contributed by atoms with van der Waals surface area (Å²) in [6.07, 6.45) is 0. The maximum atomic E-state index is 13.6. The summed E-state index contributed by atoms with van der Waals surface area (Å²) in [7, 11) is 0. The summed E-state index contributed by atoms with van der Waals surface area (Å²) in [6, 6.07) is 8.43. The van der Waals surface area contributed by atoms with Crippen molar-refractivity contribution in [3.63, 3.8) is 0 Å². The van der Waals surface area contributed by atoms with Crippen LogP contribution in [0.5, 0.6) is 0 Å². The van der Waals surface area contributed by atoms with E-state index in [9.17, 15) is 14.0 Å². The molecular weight excluding hydrogens is 366 g/mol. The lowest BCUT2D eigenvalue weighted by Crippen LogP contribution is -2.33. The van der Waals surface area contributed by atoms with Gasteiger partial charge in [0.15, 0.2) is 0 Å². The predicted molar refractivity (Wildman–Crippen MR) is 88.8 cm³/mol. The molecule has 8 heteroatoms. The highest BCUT2D eigenvalue weighted by Gasteiger charge is 2.16. The van der Waals surface area contributed by atoms with Gasteiger partial charge in [0.2, 0.25) is 5.91 Å². The van der Waals surface area contributed by atoms with Crippen molar-refractivity contribution in [2.75, 3.05) is 11.9 Å². The van der Waals surface area contributed by atoms with Gasteiger partial charge in [0, 0.05) is 5.02 Å². The molecule has 0 atom stereocenters. The first-order valence-corrected chi connectivity index (χ1v) is 7.49. The maximum Gasteiger partial charge on any atom is 0.256 e. The molecule has 0 aliphatic heterocycles. The van der Waals surface area contributed by atoms with Gasteiger partial charge in [-0.3, -0.25) is 9.59 Å². The van der Waals surface area contributed by atoms with Crippen LogP contribution in [0.3, 0.4) is 0 Å². The minimum absolute atomic E-state index is 0.0409. The third kappa shape index (κ3) is 4.58. The Morgan fingerprint density at radius 1 is 1.04 bits per heavy atom. The minimum atomic E-state index is -0.791. The van der Waals surface area contributed by atoms with E-state index in [1.807, 2.05) is 0 Å². The molecule has 0 saturated heterocycles. The summed E-state index contributed by atoms with van der Waals surface area (Å²) in [5.41, 5.74) is -0.00917. The van der Waals surface area contributed by atoms with E-state index < -0.39 is 17.6 Å². The number of hydrogen-bond donors (Lipinski definition) is 2. The lowest BCUT2D eigenvalue weighted by Gasteiger charge is -2.10. The average molecular weight is 376 g/mol. The number of hydrogen-bond acceptors (Lipinski definition) is 2. The van der Waals surface area contributed by atoms with Gasteiger partial charge in [0.1, 0.15) is 5.82 Å². The van der Waals surface area contributed by atoms with Gasteiger partial charge >= 0.3 is 0 Å². The molecule has 4 nitrogen and oxygen atoms in total. The summed E-state index contributed by atoms with van der Waals surface area (Å²) >= 11 is 17.5. The van der Waals surface area contributed by atoms with E-state index in [-0.39, 0.29) is 17.1 Å². The summed E-state index contributed by atoms with van der Waals surface area (Å²) in [6.45, 7) is -0.383. The highest BCUT2D eigenvalue weighted by atomic mass is 35.5. The van der Waals surface area contributed by atoms with Gasteiger partial charge in [-0.2, -0.15) is 0 Å². The summed E-state index contributed by atoms with van der Waals surface area (Å²) in [5.74, 6) is -2.11. The van der Waals surface area contributed by atoms with Crippen molar-refractivity contribution in [3.05, 3.63) is 62.8 Å². The van der Waals surface area contributed by atoms with Crippen LogP contribution in [0.4, 0.5) is 10.1 Å². The second-order valence-corrected chi connectivity index (χ2v) is 5.70. The van der Waals surface area contributed by atoms with E-state index in [1.165, 1.54) is 24.3 Å². The summed E-state index contributed by atoms with van der Waals surface area (Å²) in [4.78, 5) is 23.7. The van der Waals surface area contributed by atoms with Crippen molar-refractivity contribution in [2.24, 2.45) is 0 Å². The fraction of sp³-hybridized carbons (Fsp3) is 0.0667. The topological polar surface area (TPSA) is 58.2 Å². The zero-order valence-electron chi connectivity index (χ0n) is 11.5. The van der Waals surface area contributed by atoms with Crippen molar-refractivity contribution >= 4 is 52.3 Å². The zero-order chi connectivity index (χ0) is 17.0. The lowest BCUT2D eigenvalue weighted by molar-refractivity contribution is -0.115. The largest absolute Gasteiger partial charge is 0.343 e. The Hall–Kier alpha value is -1.82. The molecule has 2 N–H and O–H groups in total. The van der Waals surface area contributed by atoms with E-state index in [0.717, 1.165) is 6.07 Å². The van der Waals surface area contributed by atoms with Gasteiger partial charge in [0.25, 0.3) is 5.91 Å². The molecule has 0 saturated carbocycles. The fourth-order valence-electron chi connectivity index (χ4n) is 1.75. The molecular formula is C15H10Cl3FN2O2. The van der Waals surface area contributed by atoms with Crippen molar-refractivity contribution in [3.8, 4) is 0 Å². The number of carbonyl (C=O) groups excluding carboxylic acids is 2. The fourth-order valence-corrected chi connectivity index (χ4v) is 2.34. The molecule has 0 heterocycles. The molecule has 0 spiro atoms. The third-order valence-electron chi connectivity index (χ3n) is 2.80. The molecule has 0 aromatic heterocycles. The molecule has 0 bridgehead atoms. The van der Waals surface area contributed by atoms with Crippen LogP contribution in [-0.4, -0.2) is 18.4 Å². The molecule has 0 aliphatic carbocycles. The van der Waals surface area contributed by atoms with Gasteiger partial charge in [-0.05, 0) is 30.3 Å². The van der Waals surface area contributed by atoms with E-state index in [2.05, 4.69) is 10.6 Å². The van der Waals surface area contributed by atoms with Crippen molar-refractivity contribution in [1.29, 1.82) is 0 Å². The first kappa shape index (κ1) is 17.5. The normalized spacial score (nSPS) is 10.3. The Bertz CT molecular complexity index is 748. The minimum Gasteiger partial charge on any atom is -0.343 e. The van der Waals surface area contributed by atoms with Crippen molar-refractivity contribution in [2.45, 2.75) is 0 Å². The number of nitrogens with one attached hydrogen (secondary N) is 2. The monoisotopic (exact) mass is 374 g/mol. The van der Waals surface area contributed by atoms with E-state index in [4.69, 9.17) is 34.8 Å². The Morgan fingerprint density at radius 3 is 2.48 bits per heavy atom. The van der Waals surface area contributed by atoms with Crippen molar-refractivity contribution in [1.82, 2.24) is 5.32 Å². The standard InChI is InChI=1S/C15H10Cl3FN2O2/c16-8-4-5-9(17)12(6-8)21-13(22)7-20-15(23)14-10(18)2-1-3-11(14)19/h1-6H,7H2,(H,20,23)(H,21,22). The number of amides is 2. The molecule has 2 aromatic rings. The van der Waals surface area contributed by atoms with Crippen LogP contribution in [-0.2, 0) is 4.79 Å². The van der Waals surface area contributed by atoms with Crippen LogP contribution in [0.2, 0.25) is 15.1 Å². The average Bonchev–Trinajstić information content (AvgIpc) is 2.49. The van der Waals surface area contributed by atoms with Gasteiger partial charge in [0.05, 0.1) is 27.8 Å². The van der Waals surface area contributed by atoms with Crippen LogP contribution < -0.4 is 10.6 Å². The molecule has 2 amide bonds. The van der Waals surface area contributed by atoms with Gasteiger partial charge in [-0.25, -0.2) is 4.39 Å². The number of rotatable bonds is 4. The molecule has 23 heavy (non-hydrogen) atoms. The highest BCUT2D eigenvalue weighted by molar-refractivity contribution is 6.36. The maximum absolute atomic E-state index is 13.6. The Morgan fingerprint density at radius 2 is 1.78 bits per heavy atom. The second-order valence-electron chi connectivity index (χ2n) is 4.45. The van der Waals surface area contributed by atoms with Gasteiger partial charge < -0.3 is 10.6 Å². The van der Waals surface area contributed by atoms with Gasteiger partial charge in [-0.15, -0.1) is 0 Å². The lowest BCUT2D eigenvalue weighted by atomic mass is 10.2. The molecule has 0 fully saturated rings. The molecule has 0 radical (unpaired) electrons. The predicted octanol–water partition coefficient (Wildman–Crippen LogP) is 4.15. The second kappa shape index (κ2) is 7.64. The molecule has 0 aliphatic rings. The molecule has 2 rings (SSSR count). The van der Waals surface area contributed by atoms with E-state index in [0.29, 0.717) is 15.7 Å². The number of anilines is 1. The zero-order valence-corrected chi connectivity index (χ0v) is 13.8. The first-order valence-electron chi connectivity index (χ1n) is 6.35. The third-order valence-corrected chi connectivity index (χ3v) is 3.68. The first-order chi connectivity index (χ1) is 10.9. The Labute approximate surface area is 146 Å². The number of benzene rings is 2. The van der Waals surface area contributed by atoms with Crippen LogP contribution in [0.15, 0.2) is 36.4 Å². The van der Waals surface area contributed by atoms with Gasteiger partial charge in [-0.1, -0.05) is 40.9 Å². The Kier molecular flexibility index (Phi) is 5.82. The Balaban J connectivity index is 1.99.